The van der Waals surface area contributed by atoms with Crippen molar-refractivity contribution in [3.8, 4) is 6.07 Å². The molecular weight excluding hydrogens is 349 g/mol. The van der Waals surface area contributed by atoms with Crippen LogP contribution in [-0.4, -0.2) is 18.5 Å². The van der Waals surface area contributed by atoms with Crippen LogP contribution < -0.4 is 5.32 Å². The summed E-state index contributed by atoms with van der Waals surface area (Å²) >= 11 is 0. The molecule has 0 heterocycles. The van der Waals surface area contributed by atoms with Gasteiger partial charge in [0.1, 0.15) is 6.07 Å². The minimum atomic E-state index is -4.51. The molecule has 2 aromatic rings. The number of amides is 1. The average molecular weight is 362 g/mol. The van der Waals surface area contributed by atoms with Crippen LogP contribution in [-0.2, 0) is 26.9 Å². The molecule has 5 nitrogen and oxygen atoms in total. The van der Waals surface area contributed by atoms with Gasteiger partial charge in [-0.25, -0.2) is 0 Å². The number of carbonyl (C=O) groups excluding carboxylic acids is 2. The molecule has 2 rings (SSSR count). The minimum absolute atomic E-state index is 0.125. The smallest absolute Gasteiger partial charge is 0.416 e. The lowest BCUT2D eigenvalue weighted by Crippen LogP contribution is -2.22. The lowest BCUT2D eigenvalue weighted by Gasteiger charge is -2.09. The molecule has 8 heteroatoms. The average Bonchev–Trinajstić information content (AvgIpc) is 2.60. The summed E-state index contributed by atoms with van der Waals surface area (Å²) < 4.78 is 42.7. The summed E-state index contributed by atoms with van der Waals surface area (Å²) in [6.07, 6.45) is -4.90. The van der Waals surface area contributed by atoms with Gasteiger partial charge in [-0.05, 0) is 23.8 Å². The third-order valence-electron chi connectivity index (χ3n) is 3.29. The van der Waals surface area contributed by atoms with Crippen LogP contribution >= 0.6 is 0 Å². The Hall–Kier alpha value is -3.34. The number of benzene rings is 2. The van der Waals surface area contributed by atoms with Gasteiger partial charge in [0, 0.05) is 0 Å². The molecule has 1 N–H and O–H groups in total. The van der Waals surface area contributed by atoms with Gasteiger partial charge in [0.05, 0.1) is 23.2 Å². The fourth-order valence-corrected chi connectivity index (χ4v) is 2.10. The van der Waals surface area contributed by atoms with E-state index in [2.05, 4.69) is 5.32 Å². The molecule has 0 unspecified atom stereocenters. The summed E-state index contributed by atoms with van der Waals surface area (Å²) in [6, 6.07) is 12.5. The van der Waals surface area contributed by atoms with Crippen molar-refractivity contribution in [1.29, 1.82) is 5.26 Å². The van der Waals surface area contributed by atoms with E-state index in [4.69, 9.17) is 10.00 Å². The van der Waals surface area contributed by atoms with Crippen LogP contribution in [0.25, 0.3) is 0 Å². The van der Waals surface area contributed by atoms with E-state index in [1.54, 1.807) is 12.1 Å². The lowest BCUT2D eigenvalue weighted by molar-refractivity contribution is -0.146. The van der Waals surface area contributed by atoms with Gasteiger partial charge < -0.3 is 10.1 Å². The summed E-state index contributed by atoms with van der Waals surface area (Å²) in [7, 11) is 0. The Morgan fingerprint density at radius 3 is 2.54 bits per heavy atom. The number of esters is 1. The number of hydrogen-bond acceptors (Lipinski definition) is 4. The Morgan fingerprint density at radius 2 is 1.85 bits per heavy atom. The van der Waals surface area contributed by atoms with Crippen LogP contribution in [0.1, 0.15) is 16.7 Å². The van der Waals surface area contributed by atoms with Gasteiger partial charge in [0.2, 0.25) is 0 Å². The first-order valence-electron chi connectivity index (χ1n) is 7.40. The fourth-order valence-electron chi connectivity index (χ4n) is 2.10. The van der Waals surface area contributed by atoms with Crippen molar-refractivity contribution in [2.45, 2.75) is 12.6 Å². The van der Waals surface area contributed by atoms with Crippen LogP contribution in [0.4, 0.5) is 18.9 Å². The highest BCUT2D eigenvalue weighted by molar-refractivity contribution is 5.94. The number of alkyl halides is 3. The van der Waals surface area contributed by atoms with E-state index in [0.717, 1.165) is 12.1 Å². The maximum Gasteiger partial charge on any atom is 0.416 e. The Balaban J connectivity index is 1.89. The van der Waals surface area contributed by atoms with E-state index in [1.165, 1.54) is 24.3 Å². The molecule has 134 valence electrons. The number of nitriles is 1. The molecule has 0 saturated carbocycles. The van der Waals surface area contributed by atoms with Gasteiger partial charge in [0.15, 0.2) is 6.61 Å². The summed E-state index contributed by atoms with van der Waals surface area (Å²) in [6.45, 7) is -0.614. The molecule has 1 amide bonds. The van der Waals surface area contributed by atoms with E-state index >= 15 is 0 Å². The van der Waals surface area contributed by atoms with Gasteiger partial charge in [-0.2, -0.15) is 18.4 Å². The number of hydrogen-bond donors (Lipinski definition) is 1. The van der Waals surface area contributed by atoms with Gasteiger partial charge in [-0.1, -0.05) is 30.3 Å². The second-order valence-corrected chi connectivity index (χ2v) is 5.24. The van der Waals surface area contributed by atoms with Crippen LogP contribution in [0.2, 0.25) is 0 Å². The zero-order valence-electron chi connectivity index (χ0n) is 13.3. The highest BCUT2D eigenvalue weighted by atomic mass is 19.4. The summed E-state index contributed by atoms with van der Waals surface area (Å²) in [5, 5.41) is 11.3. The lowest BCUT2D eigenvalue weighted by atomic mass is 10.1. The molecule has 2 aromatic carbocycles. The Bertz CT molecular complexity index is 857. The third-order valence-corrected chi connectivity index (χ3v) is 3.29. The molecular formula is C18H13F3N2O3. The normalized spacial score (nSPS) is 10.7. The highest BCUT2D eigenvalue weighted by Gasteiger charge is 2.30. The molecule has 0 aromatic heterocycles. The molecule has 0 saturated heterocycles. The zero-order valence-corrected chi connectivity index (χ0v) is 13.3. The van der Waals surface area contributed by atoms with Crippen molar-refractivity contribution in [1.82, 2.24) is 0 Å². The first-order chi connectivity index (χ1) is 12.3. The number of ether oxygens (including phenoxy) is 1. The second-order valence-electron chi connectivity index (χ2n) is 5.24. The number of para-hydroxylation sites is 1. The Kier molecular flexibility index (Phi) is 5.96. The van der Waals surface area contributed by atoms with Crippen molar-refractivity contribution in [2.75, 3.05) is 11.9 Å². The maximum atomic E-state index is 12.6. The molecule has 0 aliphatic carbocycles. The predicted molar refractivity (Wildman–Crippen MR) is 85.9 cm³/mol. The second kappa shape index (κ2) is 8.16. The van der Waals surface area contributed by atoms with Crippen LogP contribution in [0.15, 0.2) is 48.5 Å². The molecule has 26 heavy (non-hydrogen) atoms. The van der Waals surface area contributed by atoms with Crippen molar-refractivity contribution in [3.63, 3.8) is 0 Å². The number of halogens is 3. The number of anilines is 1. The fraction of sp³-hybridized carbons (Fsp3) is 0.167. The SMILES string of the molecule is N#Cc1ccccc1NC(=O)COC(=O)Cc1cccc(C(F)(F)F)c1. The molecule has 0 aliphatic rings. The van der Waals surface area contributed by atoms with Crippen LogP contribution in [0.3, 0.4) is 0 Å². The summed E-state index contributed by atoms with van der Waals surface area (Å²) in [4.78, 5) is 23.5. The quantitative estimate of drug-likeness (QED) is 0.828. The first-order valence-corrected chi connectivity index (χ1v) is 7.40. The van der Waals surface area contributed by atoms with E-state index in [1.807, 2.05) is 6.07 Å². The topological polar surface area (TPSA) is 79.2 Å². The number of carbonyl (C=O) groups is 2. The molecule has 0 spiro atoms. The van der Waals surface area contributed by atoms with Crippen molar-refractivity contribution in [3.05, 3.63) is 65.2 Å². The van der Waals surface area contributed by atoms with E-state index < -0.39 is 36.6 Å². The van der Waals surface area contributed by atoms with E-state index in [0.29, 0.717) is 0 Å². The van der Waals surface area contributed by atoms with Crippen molar-refractivity contribution >= 4 is 17.6 Å². The van der Waals surface area contributed by atoms with Gasteiger partial charge in [0.25, 0.3) is 5.91 Å². The highest BCUT2D eigenvalue weighted by Crippen LogP contribution is 2.29. The summed E-state index contributed by atoms with van der Waals surface area (Å²) in [5.74, 6) is -1.50. The van der Waals surface area contributed by atoms with E-state index in [-0.39, 0.29) is 16.8 Å². The molecule has 0 fully saturated rings. The standard InChI is InChI=1S/C18H13F3N2O3/c19-18(20,21)14-6-3-4-12(8-14)9-17(25)26-11-16(24)23-15-7-2-1-5-13(15)10-22/h1-8H,9,11H2,(H,23,24). The maximum absolute atomic E-state index is 12.6. The largest absolute Gasteiger partial charge is 0.455 e. The Morgan fingerprint density at radius 1 is 1.12 bits per heavy atom. The van der Waals surface area contributed by atoms with Crippen molar-refractivity contribution < 1.29 is 27.5 Å². The molecule has 0 bridgehead atoms. The van der Waals surface area contributed by atoms with Crippen molar-refractivity contribution in [2.24, 2.45) is 0 Å². The Labute approximate surface area is 147 Å². The zero-order chi connectivity index (χ0) is 19.2. The van der Waals surface area contributed by atoms with Crippen LogP contribution in [0, 0.1) is 11.3 Å². The van der Waals surface area contributed by atoms with Gasteiger partial charge in [-0.15, -0.1) is 0 Å². The molecule has 0 atom stereocenters. The van der Waals surface area contributed by atoms with E-state index in [9.17, 15) is 22.8 Å². The number of nitrogens with one attached hydrogen (secondary N) is 1. The number of rotatable bonds is 5. The first kappa shape index (κ1) is 19.0. The van der Waals surface area contributed by atoms with Gasteiger partial charge in [-0.3, -0.25) is 9.59 Å². The van der Waals surface area contributed by atoms with Gasteiger partial charge >= 0.3 is 12.1 Å². The predicted octanol–water partition coefficient (Wildman–Crippen LogP) is 3.30. The van der Waals surface area contributed by atoms with Crippen LogP contribution in [0.5, 0.6) is 0 Å². The minimum Gasteiger partial charge on any atom is -0.455 e. The summed E-state index contributed by atoms with van der Waals surface area (Å²) in [5.41, 5.74) is -0.223. The molecule has 0 aliphatic heterocycles. The monoisotopic (exact) mass is 362 g/mol. The number of nitrogens with zero attached hydrogens (tertiary/aromatic N) is 1. The molecule has 0 radical (unpaired) electrons. The third kappa shape index (κ3) is 5.34.